The molecule has 8 saturated heterocycles. The first kappa shape index (κ1) is 96.5. The molecule has 1 N–H and O–H groups in total. The molecule has 1 saturated carbocycles. The van der Waals surface area contributed by atoms with E-state index in [1.807, 2.05) is 11.8 Å². The number of carbonyl (C=O) groups is 3. The number of hydrogen-bond donors (Lipinski definition) is 1. The van der Waals surface area contributed by atoms with Gasteiger partial charge in [-0.25, -0.2) is 13.2 Å². The lowest BCUT2D eigenvalue weighted by Gasteiger charge is -2.41. The molecule has 0 radical (unpaired) electrons. The molecule has 127 heavy (non-hydrogen) atoms. The van der Waals surface area contributed by atoms with Crippen LogP contribution in [0.15, 0.2) is 109 Å². The number of halogens is 21. The van der Waals surface area contributed by atoms with Crippen LogP contribution in [-0.2, 0) is 89.3 Å². The predicted molar refractivity (Wildman–Crippen MR) is 414 cm³/mol. The zero-order chi connectivity index (χ0) is 92.3. The second-order valence-electron chi connectivity index (χ2n) is 35.2. The van der Waals surface area contributed by atoms with Gasteiger partial charge in [0, 0.05) is 101 Å². The van der Waals surface area contributed by atoms with Crippen LogP contribution < -0.4 is 0 Å². The number of aliphatic hydroxyl groups is 1. The van der Waals surface area contributed by atoms with Crippen molar-refractivity contribution in [2.75, 3.05) is 85.5 Å². The fraction of sp³-hybridized carbons (Fsp3) is 0.571. The molecule has 15 nitrogen and oxygen atoms in total. The number of alkyl halides is 18. The normalized spacial score (nSPS) is 27.8. The van der Waals surface area contributed by atoms with E-state index in [1.165, 1.54) is 57.2 Å². The number of benzene rings is 6. The minimum Gasteiger partial charge on any atom is -0.393 e. The number of amides is 3. The van der Waals surface area contributed by atoms with Gasteiger partial charge < -0.3 is 57.7 Å². The van der Waals surface area contributed by atoms with Crippen LogP contribution in [0.4, 0.5) is 92.2 Å². The molecule has 0 bridgehead atoms. The van der Waals surface area contributed by atoms with Gasteiger partial charge in [-0.1, -0.05) is 25.1 Å². The third-order valence-corrected chi connectivity index (χ3v) is 26.5. The lowest BCUT2D eigenvalue weighted by molar-refractivity contribution is -0.217. The van der Waals surface area contributed by atoms with E-state index in [0.29, 0.717) is 180 Å². The first-order valence-corrected chi connectivity index (χ1v) is 42.1. The summed E-state index contributed by atoms with van der Waals surface area (Å²) in [7, 11) is 0. The maximum Gasteiger partial charge on any atom is 0.416 e. The average Bonchev–Trinajstić information content (AvgIpc) is 1.65. The number of carbonyl (C=O) groups excluding carboxylic acids is 3. The van der Waals surface area contributed by atoms with Crippen LogP contribution in [0, 0.1) is 91.0 Å². The van der Waals surface area contributed by atoms with Crippen LogP contribution >= 0.6 is 0 Å². The summed E-state index contributed by atoms with van der Waals surface area (Å²) in [5.74, 6) is -4.42. The summed E-state index contributed by atoms with van der Waals surface area (Å²) in [6.07, 6.45) is -33.2. The summed E-state index contributed by atoms with van der Waals surface area (Å²) >= 11 is 0. The Hall–Kier alpha value is -8.10. The second kappa shape index (κ2) is 38.0. The van der Waals surface area contributed by atoms with Crippen molar-refractivity contribution in [2.24, 2.45) is 52.8 Å². The number of nitrogens with zero attached hydrogens (tertiary/aromatic N) is 3. The number of aryl methyl sites for hydroxylation is 3. The summed E-state index contributed by atoms with van der Waals surface area (Å²) in [6.45, 7) is 15.9. The lowest BCUT2D eigenvalue weighted by atomic mass is 9.76. The van der Waals surface area contributed by atoms with Crippen molar-refractivity contribution in [3.05, 3.63) is 210 Å². The first-order valence-electron chi connectivity index (χ1n) is 42.1. The van der Waals surface area contributed by atoms with Gasteiger partial charge in [0.25, 0.3) is 0 Å². The number of ether oxygens (including phenoxy) is 8. The smallest absolute Gasteiger partial charge is 0.393 e. The van der Waals surface area contributed by atoms with E-state index >= 15 is 0 Å². The molecular weight excluding hydrogens is 1730 g/mol. The molecule has 0 aromatic heterocycles. The van der Waals surface area contributed by atoms with Gasteiger partial charge in [0.2, 0.25) is 17.7 Å². The number of fused-ring (bicyclic) bond motifs is 3. The van der Waals surface area contributed by atoms with Gasteiger partial charge in [-0.15, -0.1) is 0 Å². The quantitative estimate of drug-likeness (QED) is 0.0973. The fourth-order valence-electron chi connectivity index (χ4n) is 19.5. The van der Waals surface area contributed by atoms with Crippen molar-refractivity contribution in [1.82, 2.24) is 14.7 Å². The molecule has 16 atom stereocenters. The molecule has 9 fully saturated rings. The fourth-order valence-corrected chi connectivity index (χ4v) is 19.5. The van der Waals surface area contributed by atoms with Crippen molar-refractivity contribution in [3.63, 3.8) is 0 Å². The van der Waals surface area contributed by atoms with E-state index in [2.05, 4.69) is 0 Å². The largest absolute Gasteiger partial charge is 0.416 e. The molecule has 1 unspecified atom stereocenters. The van der Waals surface area contributed by atoms with E-state index < -0.39 is 154 Å². The van der Waals surface area contributed by atoms with Crippen molar-refractivity contribution < 1.29 is 150 Å². The van der Waals surface area contributed by atoms with E-state index in [1.54, 1.807) is 48.8 Å². The first-order chi connectivity index (χ1) is 59.4. The Kier molecular flexibility index (Phi) is 28.9. The molecule has 36 heteroatoms. The van der Waals surface area contributed by atoms with Crippen molar-refractivity contribution in [2.45, 2.75) is 192 Å². The molecule has 1 aliphatic carbocycles. The zero-order valence-corrected chi connectivity index (χ0v) is 70.1. The highest BCUT2D eigenvalue weighted by atomic mass is 19.4. The van der Waals surface area contributed by atoms with Crippen molar-refractivity contribution in [1.29, 1.82) is 0 Å². The highest BCUT2D eigenvalue weighted by Crippen LogP contribution is 2.53. The van der Waals surface area contributed by atoms with Crippen LogP contribution in [0.5, 0.6) is 0 Å². The van der Waals surface area contributed by atoms with Crippen LogP contribution in [0.25, 0.3) is 0 Å². The molecule has 6 aromatic rings. The molecule has 6 aromatic carbocycles. The standard InChI is InChI=1S/2C31H34F7NO4.C29H30F7NO4/c1-16-9-23(32)5-8-25(16)27-26-14-39(28(41)18-3-6-24(40)7-4-18)13-20(26)15-42-29(27)43-17(2)19-10-21(30(33,34)35)12-22(11-19)31(36,37)38;1-17-10-23(32)4-5-24(17)26-25-15-39(28(40)29(3)6-8-41-9-7-29)14-20(25)16-42-27(26)43-18(2)19-11-21(30(33,34)35)13-22(12-19)31(36,37)38;1-15-7-22(30)3-4-23(15)25-24-12-37(26(38)17-5-6-39-13-17)11-19(24)14-40-27(25)41-16(2)18-8-20(28(31,32)33)10-21(9-18)29(34,35)36/h5,8-12,17-18,20,24,26-27,29,40H,3-4,6-7,13-15H2,1-2H3;4-5,10-13,18,20,25-27H,6-9,14-16H2,1-3H3;3-4,7-10,16-17,19,24-25,27H,5-6,11-14H2,1-2H3/t17-,18?,20+,24?,26-,27+,29-;18-,20+,25-,26+,27-;16-,17?,19+,24-,25+,27-/m111/s1. The van der Waals surface area contributed by atoms with E-state index in [4.69, 9.17) is 37.9 Å². The SMILES string of the molecule is Cc1cc(F)ccc1[C@@H]1[C@@H](O[C@H](C)c2cc(C(F)(F)F)cc(C(F)(F)F)c2)OC[C@@H]2CN(C(=O)C3(C)CCOCC3)C[C@H]21.Cc1cc(F)ccc1[C@@H]1[C@@H](O[C@H](C)c2cc(C(F)(F)F)cc(C(F)(F)F)c2)OC[C@@H]2CN(C(=O)C3CCC(O)CC3)C[C@H]21.Cc1cc(F)ccc1[C@@H]1[C@@H](O[C@H](C)c2cc(C(F)(F)F)cc(C(F)(F)F)c2)OC[C@@H]2CN(C(=O)C3CCOC3)C[C@H]21. The minimum atomic E-state index is -5.01. The Morgan fingerprint density at radius 1 is 0.386 bits per heavy atom. The molecule has 15 rings (SSSR count). The highest BCUT2D eigenvalue weighted by molar-refractivity contribution is 5.83. The summed E-state index contributed by atoms with van der Waals surface area (Å²) < 4.78 is 333. The van der Waals surface area contributed by atoms with Gasteiger partial charge in [0.1, 0.15) is 17.5 Å². The monoisotopic (exact) mass is 1820 g/mol. The zero-order valence-electron chi connectivity index (χ0n) is 70.1. The Morgan fingerprint density at radius 2 is 0.685 bits per heavy atom. The Labute approximate surface area is 719 Å². The molecule has 3 amide bonds. The second-order valence-corrected chi connectivity index (χ2v) is 35.2. The molecule has 9 aliphatic rings. The third-order valence-electron chi connectivity index (χ3n) is 26.5. The number of likely N-dealkylation sites (tertiary alicyclic amines) is 3. The highest BCUT2D eigenvalue weighted by Gasteiger charge is 2.55. The van der Waals surface area contributed by atoms with Gasteiger partial charge in [0.15, 0.2) is 18.9 Å². The number of rotatable bonds is 15. The van der Waals surface area contributed by atoms with Crippen LogP contribution in [-0.4, -0.2) is 148 Å². The van der Waals surface area contributed by atoms with Gasteiger partial charge >= 0.3 is 37.1 Å². The molecule has 696 valence electrons. The lowest BCUT2D eigenvalue weighted by Crippen LogP contribution is -2.44. The molecular formula is C91H98F21N3O12. The van der Waals surface area contributed by atoms with E-state index in [0.717, 1.165) is 0 Å². The summed E-state index contributed by atoms with van der Waals surface area (Å²) in [4.78, 5) is 45.6. The summed E-state index contributed by atoms with van der Waals surface area (Å²) in [5, 5.41) is 9.85. The van der Waals surface area contributed by atoms with Crippen LogP contribution in [0.3, 0.4) is 0 Å². The van der Waals surface area contributed by atoms with Gasteiger partial charge in [-0.05, 0) is 245 Å². The van der Waals surface area contributed by atoms with E-state index in [-0.39, 0.29) is 120 Å². The van der Waals surface area contributed by atoms with Crippen molar-refractivity contribution >= 4 is 17.7 Å². The minimum absolute atomic E-state index is 0.00857. The Balaban J connectivity index is 0.000000163. The van der Waals surface area contributed by atoms with Crippen molar-refractivity contribution in [3.8, 4) is 0 Å². The Morgan fingerprint density at radius 3 is 0.976 bits per heavy atom. The Bertz CT molecular complexity index is 4790. The molecule has 8 heterocycles. The van der Waals surface area contributed by atoms with E-state index in [9.17, 15) is 112 Å². The van der Waals surface area contributed by atoms with Gasteiger partial charge in [-0.2, -0.15) is 79.0 Å². The maximum absolute atomic E-state index is 14.1. The average molecular weight is 1820 g/mol. The number of hydrogen-bond acceptors (Lipinski definition) is 12. The third kappa shape index (κ3) is 22.2. The topological polar surface area (TPSA) is 155 Å². The van der Waals surface area contributed by atoms with Crippen LogP contribution in [0.2, 0.25) is 0 Å². The van der Waals surface area contributed by atoms with Crippen LogP contribution in [0.1, 0.15) is 192 Å². The molecule has 0 spiro atoms. The predicted octanol–water partition coefficient (Wildman–Crippen LogP) is 20.8. The number of aliphatic hydroxyl groups excluding tert-OH is 1. The summed E-state index contributed by atoms with van der Waals surface area (Å²) in [5.41, 5.74) is -6.33. The van der Waals surface area contributed by atoms with Gasteiger partial charge in [0.05, 0.1) is 95.6 Å². The van der Waals surface area contributed by atoms with Gasteiger partial charge in [-0.3, -0.25) is 14.4 Å². The maximum atomic E-state index is 14.1. The summed E-state index contributed by atoms with van der Waals surface area (Å²) in [6, 6.07) is 16.7. The molecule has 8 aliphatic heterocycles.